The molecule has 2 heterocycles. The van der Waals surface area contributed by atoms with Crippen LogP contribution in [-0.4, -0.2) is 50.5 Å². The van der Waals surface area contributed by atoms with E-state index in [-0.39, 0.29) is 18.6 Å². The second-order valence-corrected chi connectivity index (χ2v) is 9.53. The summed E-state index contributed by atoms with van der Waals surface area (Å²) in [6.45, 7) is 4.91. The maximum absolute atomic E-state index is 10.2. The maximum Gasteiger partial charge on any atom is 0.226 e. The lowest BCUT2D eigenvalue weighted by molar-refractivity contribution is 0.0908. The van der Waals surface area contributed by atoms with Crippen LogP contribution in [0.25, 0.3) is 20.8 Å². The summed E-state index contributed by atoms with van der Waals surface area (Å²) in [5, 5.41) is 27.4. The van der Waals surface area contributed by atoms with E-state index in [1.54, 1.807) is 11.3 Å². The molecule has 0 spiro atoms. The van der Waals surface area contributed by atoms with Crippen LogP contribution in [0.4, 0.5) is 11.8 Å². The summed E-state index contributed by atoms with van der Waals surface area (Å²) in [4.78, 5) is 13.9. The molecule has 2 aromatic heterocycles. The molecule has 0 radical (unpaired) electrons. The standard InChI is InChI=1S/C21H26ClN5O2S/c1-11(2)9-23-21-26-18(22)17(20-25-14-5-3-4-6-16(14)30-20)19(27-21)24-13-7-12(10-28)15(29)8-13/h3-6,11-13,15,28-29H,7-10H2,1-2H3,(H2,23,24,26,27)/t12-,13-,15+/m1/s1. The van der Waals surface area contributed by atoms with Crippen molar-refractivity contribution in [3.8, 4) is 10.6 Å². The van der Waals surface area contributed by atoms with E-state index in [1.165, 1.54) is 0 Å². The highest BCUT2D eigenvalue weighted by Crippen LogP contribution is 2.39. The number of nitrogens with zero attached hydrogens (tertiary/aromatic N) is 3. The fourth-order valence-electron chi connectivity index (χ4n) is 3.69. The van der Waals surface area contributed by atoms with Crippen molar-refractivity contribution < 1.29 is 10.2 Å². The van der Waals surface area contributed by atoms with E-state index in [4.69, 9.17) is 21.6 Å². The molecule has 1 aromatic carbocycles. The monoisotopic (exact) mass is 447 g/mol. The van der Waals surface area contributed by atoms with Gasteiger partial charge in [0.05, 0.1) is 21.9 Å². The van der Waals surface area contributed by atoms with Crippen molar-refractivity contribution in [1.82, 2.24) is 15.0 Å². The molecule has 1 fully saturated rings. The number of rotatable bonds is 7. The number of aliphatic hydroxyl groups excluding tert-OH is 2. The number of halogens is 1. The Bertz CT molecular complexity index is 995. The molecule has 1 saturated carbocycles. The average molecular weight is 448 g/mol. The van der Waals surface area contributed by atoms with Gasteiger partial charge in [0.1, 0.15) is 16.0 Å². The minimum atomic E-state index is -0.533. The molecule has 9 heteroatoms. The third-order valence-electron chi connectivity index (χ3n) is 5.27. The summed E-state index contributed by atoms with van der Waals surface area (Å²) in [6.07, 6.45) is 0.669. The second-order valence-electron chi connectivity index (χ2n) is 8.15. The molecular weight excluding hydrogens is 422 g/mol. The van der Waals surface area contributed by atoms with Crippen LogP contribution in [0.2, 0.25) is 5.15 Å². The SMILES string of the molecule is CC(C)CNc1nc(Cl)c(-c2nc3ccccc3s2)c(N[C@@H]2C[C@H](CO)[C@@H](O)C2)n1. The summed E-state index contributed by atoms with van der Waals surface area (Å²) in [6, 6.07) is 7.91. The normalized spacial score (nSPS) is 21.5. The Morgan fingerprint density at radius 1 is 1.20 bits per heavy atom. The summed E-state index contributed by atoms with van der Waals surface area (Å²) in [7, 11) is 0. The molecular formula is C21H26ClN5O2S. The maximum atomic E-state index is 10.2. The van der Waals surface area contributed by atoms with Gasteiger partial charge in [0.2, 0.25) is 5.95 Å². The zero-order chi connectivity index (χ0) is 21.3. The Balaban J connectivity index is 1.72. The second kappa shape index (κ2) is 9.01. The van der Waals surface area contributed by atoms with Gasteiger partial charge in [0.25, 0.3) is 0 Å². The first-order valence-electron chi connectivity index (χ1n) is 10.2. The van der Waals surface area contributed by atoms with E-state index in [0.717, 1.165) is 21.8 Å². The fourth-order valence-corrected chi connectivity index (χ4v) is 5.02. The Kier molecular flexibility index (Phi) is 6.38. The number of fused-ring (bicyclic) bond motifs is 1. The van der Waals surface area contributed by atoms with E-state index < -0.39 is 6.10 Å². The largest absolute Gasteiger partial charge is 0.396 e. The van der Waals surface area contributed by atoms with Gasteiger partial charge in [0.15, 0.2) is 0 Å². The number of nitrogens with one attached hydrogen (secondary N) is 2. The van der Waals surface area contributed by atoms with Gasteiger partial charge in [-0.1, -0.05) is 37.6 Å². The molecule has 0 unspecified atom stereocenters. The van der Waals surface area contributed by atoms with E-state index >= 15 is 0 Å². The van der Waals surface area contributed by atoms with Crippen LogP contribution in [0.15, 0.2) is 24.3 Å². The molecule has 0 amide bonds. The number of benzene rings is 1. The third-order valence-corrected chi connectivity index (χ3v) is 6.60. The molecule has 4 rings (SSSR count). The molecule has 30 heavy (non-hydrogen) atoms. The van der Waals surface area contributed by atoms with Crippen LogP contribution in [0.1, 0.15) is 26.7 Å². The van der Waals surface area contributed by atoms with Gasteiger partial charge in [-0.15, -0.1) is 11.3 Å². The zero-order valence-corrected chi connectivity index (χ0v) is 18.5. The van der Waals surface area contributed by atoms with Crippen LogP contribution in [0.3, 0.4) is 0 Å². The number of thiazole rings is 1. The van der Waals surface area contributed by atoms with Gasteiger partial charge in [-0.25, -0.2) is 9.97 Å². The summed E-state index contributed by atoms with van der Waals surface area (Å²) < 4.78 is 1.06. The molecule has 1 aliphatic rings. The first-order chi connectivity index (χ1) is 14.4. The molecule has 0 aliphatic heterocycles. The molecule has 160 valence electrons. The van der Waals surface area contributed by atoms with Gasteiger partial charge in [-0.3, -0.25) is 0 Å². The van der Waals surface area contributed by atoms with Crippen molar-refractivity contribution in [1.29, 1.82) is 0 Å². The topological polar surface area (TPSA) is 103 Å². The van der Waals surface area contributed by atoms with Gasteiger partial charge in [0, 0.05) is 25.1 Å². The number of hydrogen-bond acceptors (Lipinski definition) is 8. The van der Waals surface area contributed by atoms with E-state index in [2.05, 4.69) is 29.5 Å². The summed E-state index contributed by atoms with van der Waals surface area (Å²) in [5.41, 5.74) is 1.56. The van der Waals surface area contributed by atoms with Crippen LogP contribution in [-0.2, 0) is 0 Å². The lowest BCUT2D eigenvalue weighted by Gasteiger charge is -2.18. The Hall–Kier alpha value is -2.00. The number of aromatic nitrogens is 3. The molecule has 0 saturated heterocycles. The lowest BCUT2D eigenvalue weighted by atomic mass is 10.1. The van der Waals surface area contributed by atoms with Crippen molar-refractivity contribution in [3.05, 3.63) is 29.4 Å². The predicted molar refractivity (Wildman–Crippen MR) is 122 cm³/mol. The Morgan fingerprint density at radius 3 is 2.70 bits per heavy atom. The number of para-hydroxylation sites is 1. The van der Waals surface area contributed by atoms with Crippen molar-refractivity contribution in [2.45, 2.75) is 38.8 Å². The van der Waals surface area contributed by atoms with Crippen LogP contribution in [0.5, 0.6) is 0 Å². The molecule has 0 bridgehead atoms. The van der Waals surface area contributed by atoms with Crippen molar-refractivity contribution >= 4 is 44.9 Å². The number of aliphatic hydroxyl groups is 2. The van der Waals surface area contributed by atoms with Gasteiger partial charge >= 0.3 is 0 Å². The third kappa shape index (κ3) is 4.51. The van der Waals surface area contributed by atoms with E-state index in [0.29, 0.717) is 41.2 Å². The lowest BCUT2D eigenvalue weighted by Crippen LogP contribution is -2.19. The summed E-state index contributed by atoms with van der Waals surface area (Å²) >= 11 is 8.17. The number of anilines is 2. The van der Waals surface area contributed by atoms with Crippen molar-refractivity contribution in [3.63, 3.8) is 0 Å². The average Bonchev–Trinajstić information content (AvgIpc) is 3.28. The van der Waals surface area contributed by atoms with Gasteiger partial charge in [-0.2, -0.15) is 4.98 Å². The van der Waals surface area contributed by atoms with Crippen molar-refractivity contribution in [2.24, 2.45) is 11.8 Å². The Labute approximate surface area is 184 Å². The van der Waals surface area contributed by atoms with Gasteiger partial charge < -0.3 is 20.8 Å². The van der Waals surface area contributed by atoms with Crippen LogP contribution < -0.4 is 10.6 Å². The van der Waals surface area contributed by atoms with Gasteiger partial charge in [-0.05, 0) is 30.9 Å². The zero-order valence-electron chi connectivity index (χ0n) is 17.0. The predicted octanol–water partition coefficient (Wildman–Crippen LogP) is 4.02. The van der Waals surface area contributed by atoms with Crippen LogP contribution >= 0.6 is 22.9 Å². The fraction of sp³-hybridized carbons (Fsp3) is 0.476. The Morgan fingerprint density at radius 2 is 2.00 bits per heavy atom. The first-order valence-corrected chi connectivity index (χ1v) is 11.4. The van der Waals surface area contributed by atoms with Crippen LogP contribution in [0, 0.1) is 11.8 Å². The minimum absolute atomic E-state index is 0.0193. The molecule has 4 N–H and O–H groups in total. The molecule has 7 nitrogen and oxygen atoms in total. The van der Waals surface area contributed by atoms with E-state index in [1.807, 2.05) is 24.3 Å². The quantitative estimate of drug-likeness (QED) is 0.405. The highest BCUT2D eigenvalue weighted by molar-refractivity contribution is 7.21. The highest BCUT2D eigenvalue weighted by Gasteiger charge is 2.33. The minimum Gasteiger partial charge on any atom is -0.396 e. The molecule has 1 aliphatic carbocycles. The number of hydrogen-bond donors (Lipinski definition) is 4. The molecule has 3 aromatic rings. The highest BCUT2D eigenvalue weighted by atomic mass is 35.5. The molecule has 3 atom stereocenters. The van der Waals surface area contributed by atoms with E-state index in [9.17, 15) is 10.2 Å². The summed E-state index contributed by atoms with van der Waals surface area (Å²) in [5.74, 6) is 1.35. The first kappa shape index (κ1) is 21.2. The van der Waals surface area contributed by atoms with Crippen molar-refractivity contribution in [2.75, 3.05) is 23.8 Å². The smallest absolute Gasteiger partial charge is 0.226 e.